The van der Waals surface area contributed by atoms with Gasteiger partial charge in [0.05, 0.1) is 0 Å². The number of esters is 1. The van der Waals surface area contributed by atoms with Gasteiger partial charge in [-0.3, -0.25) is 0 Å². The van der Waals surface area contributed by atoms with Crippen LogP contribution in [0.2, 0.25) is 0 Å². The van der Waals surface area contributed by atoms with Gasteiger partial charge < -0.3 is 4.74 Å². The summed E-state index contributed by atoms with van der Waals surface area (Å²) < 4.78 is 41.1. The Morgan fingerprint density at radius 2 is 1.88 bits per heavy atom. The van der Waals surface area contributed by atoms with Gasteiger partial charge >= 0.3 is 12.1 Å². The summed E-state index contributed by atoms with van der Waals surface area (Å²) in [6, 6.07) is 0. The van der Waals surface area contributed by atoms with Gasteiger partial charge in [-0.05, 0) is 25.3 Å². The summed E-state index contributed by atoms with van der Waals surface area (Å²) in [6.07, 6.45) is 3.37. The summed E-state index contributed by atoms with van der Waals surface area (Å²) in [5.74, 6) is -2.07. The first kappa shape index (κ1) is 12.5. The fourth-order valence-electron chi connectivity index (χ4n) is 2.84. The molecule has 0 aromatic carbocycles. The molecule has 0 bridgehead atoms. The van der Waals surface area contributed by atoms with Crippen molar-refractivity contribution in [1.82, 2.24) is 0 Å². The molecule has 0 saturated heterocycles. The van der Waals surface area contributed by atoms with Crippen molar-refractivity contribution in [3.8, 4) is 0 Å². The Labute approximate surface area is 97.8 Å². The standard InChI is InChI=1S/C12H15F3O2/c13-12(14,15)10(16)17-9-5-4-8-11(9)6-2-1-3-7-11/h4-5,9H,1-3,6-8H2. The molecule has 2 aliphatic rings. The molecule has 96 valence electrons. The van der Waals surface area contributed by atoms with E-state index in [0.717, 1.165) is 38.5 Å². The second-order valence-electron chi connectivity index (χ2n) is 4.88. The van der Waals surface area contributed by atoms with Crippen LogP contribution in [0.5, 0.6) is 0 Å². The third-order valence-electron chi connectivity index (χ3n) is 3.75. The normalized spacial score (nSPS) is 27.4. The van der Waals surface area contributed by atoms with Crippen LogP contribution in [0, 0.1) is 5.41 Å². The highest BCUT2D eigenvalue weighted by Gasteiger charge is 2.48. The van der Waals surface area contributed by atoms with Crippen molar-refractivity contribution in [2.75, 3.05) is 0 Å². The zero-order valence-corrected chi connectivity index (χ0v) is 9.43. The van der Waals surface area contributed by atoms with Crippen LogP contribution < -0.4 is 0 Å². The van der Waals surface area contributed by atoms with Crippen LogP contribution in [0.15, 0.2) is 12.2 Å². The molecule has 0 heterocycles. The Balaban J connectivity index is 2.04. The molecule has 1 spiro atoms. The fraction of sp³-hybridized carbons (Fsp3) is 0.750. The van der Waals surface area contributed by atoms with Crippen LogP contribution in [-0.4, -0.2) is 18.2 Å². The van der Waals surface area contributed by atoms with Crippen molar-refractivity contribution in [2.45, 2.75) is 50.8 Å². The second kappa shape index (κ2) is 4.35. The van der Waals surface area contributed by atoms with Gasteiger partial charge in [0.25, 0.3) is 0 Å². The van der Waals surface area contributed by atoms with Gasteiger partial charge in [-0.1, -0.05) is 25.3 Å². The van der Waals surface area contributed by atoms with Crippen LogP contribution in [0.25, 0.3) is 0 Å². The minimum Gasteiger partial charge on any atom is -0.451 e. The van der Waals surface area contributed by atoms with Gasteiger partial charge in [-0.25, -0.2) is 4.79 Å². The van der Waals surface area contributed by atoms with Crippen LogP contribution in [0.1, 0.15) is 38.5 Å². The van der Waals surface area contributed by atoms with Crippen LogP contribution in [0.4, 0.5) is 13.2 Å². The predicted molar refractivity (Wildman–Crippen MR) is 55.2 cm³/mol. The van der Waals surface area contributed by atoms with Crippen molar-refractivity contribution in [3.63, 3.8) is 0 Å². The molecule has 1 atom stereocenters. The number of hydrogen-bond acceptors (Lipinski definition) is 2. The Bertz CT molecular complexity index is 327. The lowest BCUT2D eigenvalue weighted by atomic mass is 9.71. The first-order valence-electron chi connectivity index (χ1n) is 5.89. The molecule has 1 unspecified atom stereocenters. The number of allylic oxidation sites excluding steroid dienone is 1. The van der Waals surface area contributed by atoms with Crippen molar-refractivity contribution < 1.29 is 22.7 Å². The van der Waals surface area contributed by atoms with E-state index in [9.17, 15) is 18.0 Å². The van der Waals surface area contributed by atoms with E-state index in [1.54, 1.807) is 6.08 Å². The number of alkyl halides is 3. The zero-order valence-electron chi connectivity index (χ0n) is 9.43. The third kappa shape index (κ3) is 2.48. The SMILES string of the molecule is O=C(OC1C=CCC12CCCCC2)C(F)(F)F. The van der Waals surface area contributed by atoms with E-state index in [-0.39, 0.29) is 5.41 Å². The smallest absolute Gasteiger partial charge is 0.451 e. The highest BCUT2D eigenvalue weighted by Crippen LogP contribution is 2.47. The summed E-state index contributed by atoms with van der Waals surface area (Å²) in [7, 11) is 0. The molecule has 17 heavy (non-hydrogen) atoms. The number of halogens is 3. The Morgan fingerprint density at radius 3 is 2.47 bits per heavy atom. The molecule has 2 aliphatic carbocycles. The fourth-order valence-corrected chi connectivity index (χ4v) is 2.84. The maximum atomic E-state index is 12.2. The highest BCUT2D eigenvalue weighted by molar-refractivity contribution is 5.76. The number of carbonyl (C=O) groups is 1. The van der Waals surface area contributed by atoms with Gasteiger partial charge in [-0.2, -0.15) is 13.2 Å². The van der Waals surface area contributed by atoms with E-state index < -0.39 is 18.2 Å². The van der Waals surface area contributed by atoms with E-state index in [1.807, 2.05) is 6.08 Å². The summed E-state index contributed by atoms with van der Waals surface area (Å²) in [5, 5.41) is 0. The average Bonchev–Trinajstić information content (AvgIpc) is 2.61. The maximum Gasteiger partial charge on any atom is 0.490 e. The first-order chi connectivity index (χ1) is 7.94. The minimum atomic E-state index is -4.90. The lowest BCUT2D eigenvalue weighted by molar-refractivity contribution is -0.207. The van der Waals surface area contributed by atoms with Crippen LogP contribution in [-0.2, 0) is 9.53 Å². The Hall–Kier alpha value is -1.00. The quantitative estimate of drug-likeness (QED) is 0.525. The lowest BCUT2D eigenvalue weighted by Crippen LogP contribution is -2.39. The molecule has 0 radical (unpaired) electrons. The molecule has 0 amide bonds. The van der Waals surface area contributed by atoms with E-state index in [2.05, 4.69) is 4.74 Å². The summed E-state index contributed by atoms with van der Waals surface area (Å²) >= 11 is 0. The highest BCUT2D eigenvalue weighted by atomic mass is 19.4. The largest absolute Gasteiger partial charge is 0.490 e. The van der Waals surface area contributed by atoms with Crippen molar-refractivity contribution in [3.05, 3.63) is 12.2 Å². The van der Waals surface area contributed by atoms with E-state index in [4.69, 9.17) is 0 Å². The molecule has 0 aromatic rings. The lowest BCUT2D eigenvalue weighted by Gasteiger charge is -2.38. The molecule has 0 N–H and O–H groups in total. The zero-order chi connectivity index (χ0) is 12.5. The number of hydrogen-bond donors (Lipinski definition) is 0. The van der Waals surface area contributed by atoms with Crippen LogP contribution in [0.3, 0.4) is 0 Å². The van der Waals surface area contributed by atoms with Gasteiger partial charge in [-0.15, -0.1) is 0 Å². The number of rotatable bonds is 1. The van der Waals surface area contributed by atoms with Gasteiger partial charge in [0.1, 0.15) is 6.10 Å². The molecular formula is C12H15F3O2. The minimum absolute atomic E-state index is 0.265. The third-order valence-corrected chi connectivity index (χ3v) is 3.75. The molecule has 1 fully saturated rings. The maximum absolute atomic E-state index is 12.2. The average molecular weight is 248 g/mol. The Morgan fingerprint density at radius 1 is 1.24 bits per heavy atom. The first-order valence-corrected chi connectivity index (χ1v) is 5.89. The van der Waals surface area contributed by atoms with Gasteiger partial charge in [0, 0.05) is 5.41 Å². The van der Waals surface area contributed by atoms with Gasteiger partial charge in [0.2, 0.25) is 0 Å². The monoisotopic (exact) mass is 248 g/mol. The molecule has 5 heteroatoms. The number of carbonyl (C=O) groups excluding carboxylic acids is 1. The van der Waals surface area contributed by atoms with Crippen molar-refractivity contribution >= 4 is 5.97 Å². The van der Waals surface area contributed by atoms with E-state index in [0.29, 0.717) is 0 Å². The summed E-state index contributed by atoms with van der Waals surface area (Å²) in [4.78, 5) is 10.9. The second-order valence-corrected chi connectivity index (χ2v) is 4.88. The molecule has 0 aromatic heterocycles. The number of ether oxygens (including phenoxy) is 1. The molecule has 2 rings (SSSR count). The van der Waals surface area contributed by atoms with E-state index >= 15 is 0 Å². The molecule has 0 aliphatic heterocycles. The molecule has 1 saturated carbocycles. The van der Waals surface area contributed by atoms with Crippen molar-refractivity contribution in [2.24, 2.45) is 5.41 Å². The summed E-state index contributed by atoms with van der Waals surface area (Å²) in [6.45, 7) is 0. The molecular weight excluding hydrogens is 233 g/mol. The Kier molecular flexibility index (Phi) is 3.19. The van der Waals surface area contributed by atoms with Crippen LogP contribution >= 0.6 is 0 Å². The summed E-state index contributed by atoms with van der Waals surface area (Å²) in [5.41, 5.74) is -0.265. The van der Waals surface area contributed by atoms with Gasteiger partial charge in [0.15, 0.2) is 0 Å². The predicted octanol–water partition coefficient (Wildman–Crippen LogP) is 3.37. The topological polar surface area (TPSA) is 26.3 Å². The molecule has 2 nitrogen and oxygen atoms in total. The van der Waals surface area contributed by atoms with E-state index in [1.165, 1.54) is 0 Å². The van der Waals surface area contributed by atoms with Crippen molar-refractivity contribution in [1.29, 1.82) is 0 Å².